The molecular weight excluding hydrogens is 359 g/mol. The Kier molecular flexibility index (Phi) is 5.08. The molecule has 0 saturated carbocycles. The lowest BCUT2D eigenvalue weighted by Gasteiger charge is -2.03. The number of thiazole rings is 1. The lowest BCUT2D eigenvalue weighted by atomic mass is 10.1. The van der Waals surface area contributed by atoms with Crippen molar-refractivity contribution < 1.29 is 18.7 Å². The zero-order valence-electron chi connectivity index (χ0n) is 14.0. The number of carbonyl (C=O) groups is 2. The second-order valence-corrected chi connectivity index (χ2v) is 6.09. The first-order valence-electron chi connectivity index (χ1n) is 7.74. The molecule has 0 spiro atoms. The molecule has 26 heavy (non-hydrogen) atoms. The average molecular weight is 374 g/mol. The minimum Gasteiger partial charge on any atom is -0.461 e. The monoisotopic (exact) mass is 374 g/mol. The smallest absolute Gasteiger partial charge is 0.357 e. The molecule has 0 aliphatic carbocycles. The highest BCUT2D eigenvalue weighted by atomic mass is 32.1. The molecule has 0 aliphatic heterocycles. The van der Waals surface area contributed by atoms with Gasteiger partial charge in [0.05, 0.1) is 12.3 Å². The quantitative estimate of drug-likeness (QED) is 0.693. The number of hydrogen-bond donors (Lipinski definition) is 1. The van der Waals surface area contributed by atoms with Crippen molar-refractivity contribution in [1.82, 2.24) is 14.8 Å². The van der Waals surface area contributed by atoms with Crippen LogP contribution < -0.4 is 5.32 Å². The van der Waals surface area contributed by atoms with Crippen LogP contribution in [0.15, 0.2) is 35.7 Å². The molecule has 0 bridgehead atoms. The van der Waals surface area contributed by atoms with Gasteiger partial charge in [0.25, 0.3) is 0 Å². The number of nitrogens with one attached hydrogen (secondary N) is 1. The van der Waals surface area contributed by atoms with Crippen molar-refractivity contribution in [3.05, 3.63) is 47.2 Å². The van der Waals surface area contributed by atoms with Gasteiger partial charge in [0, 0.05) is 23.9 Å². The van der Waals surface area contributed by atoms with E-state index in [9.17, 15) is 14.0 Å². The van der Waals surface area contributed by atoms with E-state index in [1.165, 1.54) is 35.1 Å². The third kappa shape index (κ3) is 3.77. The predicted molar refractivity (Wildman–Crippen MR) is 94.9 cm³/mol. The Morgan fingerprint density at radius 3 is 2.69 bits per heavy atom. The highest BCUT2D eigenvalue weighted by Crippen LogP contribution is 2.26. The summed E-state index contributed by atoms with van der Waals surface area (Å²) in [6.07, 6.45) is 0. The van der Waals surface area contributed by atoms with Crippen LogP contribution in [0.1, 0.15) is 24.3 Å². The first-order chi connectivity index (χ1) is 12.5. The summed E-state index contributed by atoms with van der Waals surface area (Å²) in [5.41, 5.74) is 1.38. The Morgan fingerprint density at radius 2 is 2.04 bits per heavy atom. The van der Waals surface area contributed by atoms with E-state index in [2.05, 4.69) is 15.4 Å². The number of hydrogen-bond acceptors (Lipinski definition) is 6. The number of rotatable bonds is 5. The second kappa shape index (κ2) is 7.44. The molecule has 0 radical (unpaired) electrons. The number of aromatic nitrogens is 3. The fourth-order valence-electron chi connectivity index (χ4n) is 2.22. The Labute approximate surface area is 152 Å². The minimum absolute atomic E-state index is 0.166. The van der Waals surface area contributed by atoms with E-state index >= 15 is 0 Å². The zero-order chi connectivity index (χ0) is 18.7. The van der Waals surface area contributed by atoms with E-state index in [1.54, 1.807) is 30.5 Å². The SMILES string of the molecule is CCOC(=O)c1csc(-n2nc(-c3ccc(F)cc3)cc2NC(C)=O)n1. The Morgan fingerprint density at radius 1 is 1.31 bits per heavy atom. The summed E-state index contributed by atoms with van der Waals surface area (Å²) in [6, 6.07) is 7.49. The third-order valence-corrected chi connectivity index (χ3v) is 4.13. The van der Waals surface area contributed by atoms with Crippen LogP contribution in [0.5, 0.6) is 0 Å². The summed E-state index contributed by atoms with van der Waals surface area (Å²) < 4.78 is 19.5. The van der Waals surface area contributed by atoms with Crippen LogP contribution in [0.2, 0.25) is 0 Å². The molecule has 0 saturated heterocycles. The topological polar surface area (TPSA) is 86.1 Å². The molecule has 0 atom stereocenters. The molecule has 9 heteroatoms. The van der Waals surface area contributed by atoms with Gasteiger partial charge in [0.15, 0.2) is 5.69 Å². The van der Waals surface area contributed by atoms with Gasteiger partial charge in [-0.3, -0.25) is 4.79 Å². The van der Waals surface area contributed by atoms with Crippen LogP contribution in [0.25, 0.3) is 16.4 Å². The lowest BCUT2D eigenvalue weighted by molar-refractivity contribution is -0.114. The van der Waals surface area contributed by atoms with Gasteiger partial charge in [-0.1, -0.05) is 0 Å². The highest BCUT2D eigenvalue weighted by molar-refractivity contribution is 7.12. The molecule has 1 aromatic carbocycles. The maximum absolute atomic E-state index is 13.1. The van der Waals surface area contributed by atoms with Gasteiger partial charge < -0.3 is 10.1 Å². The van der Waals surface area contributed by atoms with Gasteiger partial charge in [0.1, 0.15) is 11.6 Å². The van der Waals surface area contributed by atoms with Crippen LogP contribution in [-0.4, -0.2) is 33.2 Å². The molecule has 7 nitrogen and oxygen atoms in total. The fourth-order valence-corrected chi connectivity index (χ4v) is 2.97. The number of nitrogens with zero attached hydrogens (tertiary/aromatic N) is 3. The normalized spacial score (nSPS) is 10.6. The van der Waals surface area contributed by atoms with Crippen molar-refractivity contribution in [1.29, 1.82) is 0 Å². The zero-order valence-corrected chi connectivity index (χ0v) is 14.8. The van der Waals surface area contributed by atoms with E-state index < -0.39 is 5.97 Å². The first kappa shape index (κ1) is 17.7. The van der Waals surface area contributed by atoms with Crippen LogP contribution in [0.4, 0.5) is 10.2 Å². The van der Waals surface area contributed by atoms with Gasteiger partial charge in [0.2, 0.25) is 11.0 Å². The summed E-state index contributed by atoms with van der Waals surface area (Å²) in [7, 11) is 0. The largest absolute Gasteiger partial charge is 0.461 e. The summed E-state index contributed by atoms with van der Waals surface area (Å²) in [6.45, 7) is 3.34. The molecule has 134 valence electrons. The number of ether oxygens (including phenoxy) is 1. The molecule has 0 aliphatic rings. The van der Waals surface area contributed by atoms with E-state index in [1.807, 2.05) is 0 Å². The van der Waals surface area contributed by atoms with Crippen LogP contribution >= 0.6 is 11.3 Å². The molecule has 2 aromatic heterocycles. The maximum atomic E-state index is 13.1. The first-order valence-corrected chi connectivity index (χ1v) is 8.62. The van der Waals surface area contributed by atoms with E-state index in [0.29, 0.717) is 22.2 Å². The van der Waals surface area contributed by atoms with E-state index in [-0.39, 0.29) is 24.0 Å². The Balaban J connectivity index is 2.01. The number of benzene rings is 1. The molecule has 2 heterocycles. The van der Waals surface area contributed by atoms with Gasteiger partial charge in [-0.05, 0) is 31.2 Å². The number of halogens is 1. The number of esters is 1. The van der Waals surface area contributed by atoms with Crippen molar-refractivity contribution in [2.45, 2.75) is 13.8 Å². The standard InChI is InChI=1S/C17H15FN4O3S/c1-3-25-16(24)14-9-26-17(20-14)22-15(19-10(2)23)8-13(21-22)11-4-6-12(18)7-5-11/h4-9H,3H2,1-2H3,(H,19,23). The molecule has 0 unspecified atom stereocenters. The second-order valence-electron chi connectivity index (χ2n) is 5.25. The van der Waals surface area contributed by atoms with Crippen molar-refractivity contribution in [2.75, 3.05) is 11.9 Å². The number of anilines is 1. The third-order valence-electron chi connectivity index (χ3n) is 3.31. The van der Waals surface area contributed by atoms with E-state index in [4.69, 9.17) is 4.74 Å². The molecule has 0 fully saturated rings. The number of amides is 1. The summed E-state index contributed by atoms with van der Waals surface area (Å²) in [4.78, 5) is 27.5. The van der Waals surface area contributed by atoms with Crippen molar-refractivity contribution >= 4 is 29.0 Å². The summed E-state index contributed by atoms with van der Waals surface area (Å²) >= 11 is 1.19. The fraction of sp³-hybridized carbons (Fsp3) is 0.176. The van der Waals surface area contributed by atoms with Crippen molar-refractivity contribution in [2.24, 2.45) is 0 Å². The maximum Gasteiger partial charge on any atom is 0.357 e. The van der Waals surface area contributed by atoms with Crippen LogP contribution in [0, 0.1) is 5.82 Å². The Bertz CT molecular complexity index is 949. The average Bonchev–Trinajstić information content (AvgIpc) is 3.22. The molecule has 1 N–H and O–H groups in total. The molecule has 3 rings (SSSR count). The van der Waals surface area contributed by atoms with Crippen LogP contribution in [0.3, 0.4) is 0 Å². The molecule has 1 amide bonds. The van der Waals surface area contributed by atoms with Gasteiger partial charge in [-0.2, -0.15) is 9.78 Å². The van der Waals surface area contributed by atoms with Gasteiger partial charge in [-0.25, -0.2) is 14.2 Å². The minimum atomic E-state index is -0.526. The lowest BCUT2D eigenvalue weighted by Crippen LogP contribution is -2.11. The van der Waals surface area contributed by atoms with Gasteiger partial charge in [-0.15, -0.1) is 11.3 Å². The predicted octanol–water partition coefficient (Wildman–Crippen LogP) is 3.27. The van der Waals surface area contributed by atoms with E-state index in [0.717, 1.165) is 0 Å². The van der Waals surface area contributed by atoms with Crippen molar-refractivity contribution in [3.8, 4) is 16.4 Å². The molecule has 3 aromatic rings. The highest BCUT2D eigenvalue weighted by Gasteiger charge is 2.18. The summed E-state index contributed by atoms with van der Waals surface area (Å²) in [5.74, 6) is -0.767. The van der Waals surface area contributed by atoms with Crippen LogP contribution in [-0.2, 0) is 9.53 Å². The molecular formula is C17H15FN4O3S. The van der Waals surface area contributed by atoms with Gasteiger partial charge >= 0.3 is 5.97 Å². The van der Waals surface area contributed by atoms with Crippen molar-refractivity contribution in [3.63, 3.8) is 0 Å². The Hall–Kier alpha value is -3.07. The number of carbonyl (C=O) groups excluding carboxylic acids is 2. The summed E-state index contributed by atoms with van der Waals surface area (Å²) in [5, 5.41) is 9.06.